The molecule has 1 N–H and O–H groups in total. The van der Waals surface area contributed by atoms with Crippen molar-refractivity contribution in [1.29, 1.82) is 0 Å². The molecule has 0 amide bonds. The maximum absolute atomic E-state index is 10.5. The van der Waals surface area contributed by atoms with Gasteiger partial charge in [-0.3, -0.25) is 0 Å². The fourth-order valence-electron chi connectivity index (χ4n) is 2.85. The van der Waals surface area contributed by atoms with Gasteiger partial charge in [-0.2, -0.15) is 0 Å². The molecule has 1 aromatic rings. The van der Waals surface area contributed by atoms with Crippen LogP contribution in [0.2, 0.25) is 0 Å². The highest BCUT2D eigenvalue weighted by molar-refractivity contribution is 9.10. The van der Waals surface area contributed by atoms with Crippen LogP contribution in [0.1, 0.15) is 55.8 Å². The third-order valence-electron chi connectivity index (χ3n) is 3.90. The van der Waals surface area contributed by atoms with Crippen LogP contribution in [0.25, 0.3) is 0 Å². The number of aliphatic hydroxyl groups is 1. The molecule has 1 aromatic carbocycles. The molecule has 0 bridgehead atoms. The van der Waals surface area contributed by atoms with E-state index in [1.807, 2.05) is 6.07 Å². The quantitative estimate of drug-likeness (QED) is 0.780. The van der Waals surface area contributed by atoms with E-state index in [2.05, 4.69) is 35.0 Å². The average Bonchev–Trinajstić information content (AvgIpc) is 2.56. The summed E-state index contributed by atoms with van der Waals surface area (Å²) in [6.07, 6.45) is 7.30. The zero-order valence-corrected chi connectivity index (χ0v) is 12.0. The Balaban J connectivity index is 2.14. The number of aliphatic hydroxyl groups excluding tert-OH is 1. The molecule has 0 spiro atoms. The fraction of sp³-hybridized carbons (Fsp3) is 0.600. The topological polar surface area (TPSA) is 20.2 Å². The predicted octanol–water partition coefficient (Wildman–Crippen LogP) is 4.76. The molecule has 0 radical (unpaired) electrons. The molecule has 1 fully saturated rings. The first-order valence-corrected chi connectivity index (χ1v) is 7.42. The van der Waals surface area contributed by atoms with Gasteiger partial charge in [0.15, 0.2) is 0 Å². The standard InChI is InChI=1S/C15H21BrO/c1-11-10-13(16)8-9-14(11)15(17)12-6-4-2-3-5-7-12/h8-10,12,15,17H,2-7H2,1H3. The van der Waals surface area contributed by atoms with E-state index in [-0.39, 0.29) is 6.10 Å². The van der Waals surface area contributed by atoms with Crippen LogP contribution < -0.4 is 0 Å². The molecule has 2 heteroatoms. The molecule has 17 heavy (non-hydrogen) atoms. The molecule has 1 atom stereocenters. The van der Waals surface area contributed by atoms with Crippen molar-refractivity contribution in [3.8, 4) is 0 Å². The highest BCUT2D eigenvalue weighted by Gasteiger charge is 2.23. The Kier molecular flexibility index (Phi) is 4.63. The molecule has 1 unspecified atom stereocenters. The van der Waals surface area contributed by atoms with E-state index in [0.717, 1.165) is 10.0 Å². The first kappa shape index (κ1) is 13.1. The molecule has 1 saturated carbocycles. The largest absolute Gasteiger partial charge is 0.388 e. The van der Waals surface area contributed by atoms with Gasteiger partial charge in [-0.05, 0) is 48.9 Å². The van der Waals surface area contributed by atoms with Crippen molar-refractivity contribution in [3.05, 3.63) is 33.8 Å². The van der Waals surface area contributed by atoms with E-state index >= 15 is 0 Å². The first-order chi connectivity index (χ1) is 8.18. The fourth-order valence-corrected chi connectivity index (χ4v) is 3.33. The van der Waals surface area contributed by atoms with Gasteiger partial charge in [0.05, 0.1) is 6.10 Å². The number of hydrogen-bond acceptors (Lipinski definition) is 1. The second-order valence-electron chi connectivity index (χ2n) is 5.20. The van der Waals surface area contributed by atoms with Gasteiger partial charge in [0.1, 0.15) is 0 Å². The third kappa shape index (κ3) is 3.32. The molecule has 2 rings (SSSR count). The lowest BCUT2D eigenvalue weighted by Gasteiger charge is -2.23. The van der Waals surface area contributed by atoms with Gasteiger partial charge in [0.25, 0.3) is 0 Å². The van der Waals surface area contributed by atoms with Crippen molar-refractivity contribution in [2.24, 2.45) is 5.92 Å². The number of hydrogen-bond donors (Lipinski definition) is 1. The Morgan fingerprint density at radius 1 is 1.18 bits per heavy atom. The minimum atomic E-state index is -0.277. The van der Waals surface area contributed by atoms with Crippen LogP contribution in [0.3, 0.4) is 0 Å². The second kappa shape index (κ2) is 6.01. The Labute approximate surface area is 112 Å². The predicted molar refractivity (Wildman–Crippen MR) is 75.0 cm³/mol. The van der Waals surface area contributed by atoms with Gasteiger partial charge in [0, 0.05) is 4.47 Å². The van der Waals surface area contributed by atoms with Gasteiger partial charge in [-0.25, -0.2) is 0 Å². The van der Waals surface area contributed by atoms with Crippen LogP contribution in [0.5, 0.6) is 0 Å². The molecule has 0 aromatic heterocycles. The Bertz CT molecular complexity index is 367. The van der Waals surface area contributed by atoms with Crippen molar-refractivity contribution >= 4 is 15.9 Å². The Morgan fingerprint density at radius 2 is 1.82 bits per heavy atom. The molecule has 1 aliphatic rings. The molecular formula is C15H21BrO. The summed E-state index contributed by atoms with van der Waals surface area (Å²) >= 11 is 3.47. The SMILES string of the molecule is Cc1cc(Br)ccc1C(O)C1CCCCCC1. The number of halogens is 1. The minimum Gasteiger partial charge on any atom is -0.388 e. The van der Waals surface area contributed by atoms with Gasteiger partial charge < -0.3 is 5.11 Å². The van der Waals surface area contributed by atoms with Crippen LogP contribution in [-0.2, 0) is 0 Å². The molecule has 94 valence electrons. The lowest BCUT2D eigenvalue weighted by Crippen LogP contribution is -2.13. The number of rotatable bonds is 2. The average molecular weight is 297 g/mol. The van der Waals surface area contributed by atoms with Gasteiger partial charge in [-0.1, -0.05) is 47.7 Å². The maximum Gasteiger partial charge on any atom is 0.0820 e. The summed E-state index contributed by atoms with van der Waals surface area (Å²) in [6, 6.07) is 6.19. The number of benzene rings is 1. The van der Waals surface area contributed by atoms with Crippen molar-refractivity contribution in [2.45, 2.75) is 51.6 Å². The summed E-state index contributed by atoms with van der Waals surface area (Å²) in [6.45, 7) is 2.08. The molecule has 1 aliphatic carbocycles. The molecule has 0 heterocycles. The van der Waals surface area contributed by atoms with Gasteiger partial charge >= 0.3 is 0 Å². The summed E-state index contributed by atoms with van der Waals surface area (Å²) in [4.78, 5) is 0. The van der Waals surface area contributed by atoms with Crippen LogP contribution in [0.4, 0.5) is 0 Å². The Morgan fingerprint density at radius 3 is 2.41 bits per heavy atom. The minimum absolute atomic E-state index is 0.277. The van der Waals surface area contributed by atoms with E-state index in [4.69, 9.17) is 0 Å². The Hall–Kier alpha value is -0.340. The van der Waals surface area contributed by atoms with Crippen LogP contribution in [-0.4, -0.2) is 5.11 Å². The van der Waals surface area contributed by atoms with Crippen molar-refractivity contribution < 1.29 is 5.11 Å². The normalized spacial score (nSPS) is 19.9. The van der Waals surface area contributed by atoms with Crippen molar-refractivity contribution in [2.75, 3.05) is 0 Å². The number of aryl methyl sites for hydroxylation is 1. The zero-order chi connectivity index (χ0) is 12.3. The van der Waals surface area contributed by atoms with E-state index in [1.165, 1.54) is 44.1 Å². The smallest absolute Gasteiger partial charge is 0.0820 e. The van der Waals surface area contributed by atoms with Gasteiger partial charge in [-0.15, -0.1) is 0 Å². The van der Waals surface area contributed by atoms with E-state index in [1.54, 1.807) is 0 Å². The summed E-state index contributed by atoms with van der Waals surface area (Å²) in [5.74, 6) is 0.456. The maximum atomic E-state index is 10.5. The highest BCUT2D eigenvalue weighted by atomic mass is 79.9. The van der Waals surface area contributed by atoms with E-state index < -0.39 is 0 Å². The summed E-state index contributed by atoms with van der Waals surface area (Å²) in [5.41, 5.74) is 2.30. The lowest BCUT2D eigenvalue weighted by atomic mass is 9.88. The molecule has 1 nitrogen and oxygen atoms in total. The zero-order valence-electron chi connectivity index (χ0n) is 10.5. The van der Waals surface area contributed by atoms with E-state index in [9.17, 15) is 5.11 Å². The van der Waals surface area contributed by atoms with E-state index in [0.29, 0.717) is 5.92 Å². The second-order valence-corrected chi connectivity index (χ2v) is 6.11. The summed E-state index contributed by atoms with van der Waals surface area (Å²) in [5, 5.41) is 10.5. The highest BCUT2D eigenvalue weighted by Crippen LogP contribution is 2.35. The van der Waals surface area contributed by atoms with Crippen molar-refractivity contribution in [1.82, 2.24) is 0 Å². The van der Waals surface area contributed by atoms with Crippen molar-refractivity contribution in [3.63, 3.8) is 0 Å². The third-order valence-corrected chi connectivity index (χ3v) is 4.39. The van der Waals surface area contributed by atoms with Crippen LogP contribution >= 0.6 is 15.9 Å². The first-order valence-electron chi connectivity index (χ1n) is 6.62. The van der Waals surface area contributed by atoms with Gasteiger partial charge in [0.2, 0.25) is 0 Å². The molecule has 0 saturated heterocycles. The van der Waals surface area contributed by atoms with Crippen LogP contribution in [0, 0.1) is 12.8 Å². The molecular weight excluding hydrogens is 276 g/mol. The monoisotopic (exact) mass is 296 g/mol. The van der Waals surface area contributed by atoms with Crippen LogP contribution in [0.15, 0.2) is 22.7 Å². The lowest BCUT2D eigenvalue weighted by molar-refractivity contribution is 0.0982. The summed E-state index contributed by atoms with van der Waals surface area (Å²) < 4.78 is 1.09. The molecule has 0 aliphatic heterocycles. The summed E-state index contributed by atoms with van der Waals surface area (Å²) in [7, 11) is 0.